The number of rotatable bonds is 4. The van der Waals surface area contributed by atoms with Crippen molar-refractivity contribution in [2.24, 2.45) is 0 Å². The van der Waals surface area contributed by atoms with Gasteiger partial charge < -0.3 is 4.90 Å². The van der Waals surface area contributed by atoms with Crippen LogP contribution in [-0.2, 0) is 5.88 Å². The third-order valence-electron chi connectivity index (χ3n) is 3.43. The molecule has 106 valence electrons. The minimum Gasteiger partial charge on any atom is -0.353 e. The van der Waals surface area contributed by atoms with Crippen LogP contribution in [-0.4, -0.2) is 12.0 Å². The zero-order valence-corrected chi connectivity index (χ0v) is 13.4. The Kier molecular flexibility index (Phi) is 4.90. The second-order valence-corrected chi connectivity index (χ2v) is 5.65. The molecule has 0 N–H and O–H groups in total. The molecule has 0 amide bonds. The van der Waals surface area contributed by atoms with Crippen molar-refractivity contribution in [1.29, 1.82) is 0 Å². The van der Waals surface area contributed by atoms with Gasteiger partial charge in [0.05, 0.1) is 6.04 Å². The van der Waals surface area contributed by atoms with Crippen LogP contribution in [0, 0.1) is 6.92 Å². The van der Waals surface area contributed by atoms with Gasteiger partial charge in [0.1, 0.15) is 5.82 Å². The number of hydrogen-bond donors (Lipinski definition) is 0. The molecule has 1 unspecified atom stereocenters. The SMILES string of the molecule is Cc1cc(CCl)cc(N(C)C(C)c2cccc(Cl)c2)n1. The molecule has 2 aromatic rings. The molecule has 1 aromatic heterocycles. The molecule has 1 aromatic carbocycles. The molecule has 2 rings (SSSR count). The molecular formula is C16H18Cl2N2. The first-order chi connectivity index (χ1) is 9.51. The zero-order chi connectivity index (χ0) is 14.7. The van der Waals surface area contributed by atoms with Gasteiger partial charge in [-0.25, -0.2) is 4.98 Å². The summed E-state index contributed by atoms with van der Waals surface area (Å²) in [7, 11) is 2.03. The van der Waals surface area contributed by atoms with Gasteiger partial charge in [0.25, 0.3) is 0 Å². The van der Waals surface area contributed by atoms with Crippen molar-refractivity contribution >= 4 is 29.0 Å². The average Bonchev–Trinajstić information content (AvgIpc) is 2.45. The Morgan fingerprint density at radius 1 is 1.25 bits per heavy atom. The van der Waals surface area contributed by atoms with Gasteiger partial charge in [0.2, 0.25) is 0 Å². The summed E-state index contributed by atoms with van der Waals surface area (Å²) in [6.45, 7) is 4.12. The third kappa shape index (κ3) is 3.44. The maximum absolute atomic E-state index is 6.06. The molecule has 0 aliphatic carbocycles. The largest absolute Gasteiger partial charge is 0.353 e. The fourth-order valence-corrected chi connectivity index (χ4v) is 2.52. The quantitative estimate of drug-likeness (QED) is 0.741. The minimum atomic E-state index is 0.186. The van der Waals surface area contributed by atoms with E-state index in [1.165, 1.54) is 0 Å². The predicted molar refractivity (Wildman–Crippen MR) is 86.8 cm³/mol. The van der Waals surface area contributed by atoms with Gasteiger partial charge >= 0.3 is 0 Å². The Morgan fingerprint density at radius 2 is 2.00 bits per heavy atom. The third-order valence-corrected chi connectivity index (χ3v) is 3.97. The Morgan fingerprint density at radius 3 is 2.65 bits per heavy atom. The van der Waals surface area contributed by atoms with E-state index in [2.05, 4.69) is 22.9 Å². The summed E-state index contributed by atoms with van der Waals surface area (Å²) >= 11 is 12.0. The molecule has 20 heavy (non-hydrogen) atoms. The molecule has 2 nitrogen and oxygen atoms in total. The van der Waals surface area contributed by atoms with E-state index in [9.17, 15) is 0 Å². The van der Waals surface area contributed by atoms with Crippen LogP contribution in [0.25, 0.3) is 0 Å². The van der Waals surface area contributed by atoms with Gasteiger partial charge in [-0.15, -0.1) is 11.6 Å². The van der Waals surface area contributed by atoms with Gasteiger partial charge in [-0.05, 0) is 49.2 Å². The minimum absolute atomic E-state index is 0.186. The summed E-state index contributed by atoms with van der Waals surface area (Å²) < 4.78 is 0. The van der Waals surface area contributed by atoms with Crippen LogP contribution < -0.4 is 4.90 Å². The molecule has 0 bridgehead atoms. The normalized spacial score (nSPS) is 12.2. The fourth-order valence-electron chi connectivity index (χ4n) is 2.17. The highest BCUT2D eigenvalue weighted by Gasteiger charge is 2.14. The molecule has 0 saturated carbocycles. The summed E-state index contributed by atoms with van der Waals surface area (Å²) in [5.74, 6) is 1.42. The molecule has 0 saturated heterocycles. The average molecular weight is 309 g/mol. The second kappa shape index (κ2) is 6.47. The van der Waals surface area contributed by atoms with Crippen molar-refractivity contribution < 1.29 is 0 Å². The van der Waals surface area contributed by atoms with Crippen LogP contribution in [0.2, 0.25) is 5.02 Å². The van der Waals surface area contributed by atoms with Gasteiger partial charge in [0.15, 0.2) is 0 Å². The molecular weight excluding hydrogens is 291 g/mol. The van der Waals surface area contributed by atoms with Crippen LogP contribution >= 0.6 is 23.2 Å². The van der Waals surface area contributed by atoms with Crippen molar-refractivity contribution in [3.8, 4) is 0 Å². The van der Waals surface area contributed by atoms with E-state index >= 15 is 0 Å². The van der Waals surface area contributed by atoms with E-state index in [-0.39, 0.29) is 6.04 Å². The Labute approximate surface area is 130 Å². The maximum Gasteiger partial charge on any atom is 0.129 e. The first kappa shape index (κ1) is 15.1. The van der Waals surface area contributed by atoms with E-state index < -0.39 is 0 Å². The van der Waals surface area contributed by atoms with Crippen molar-refractivity contribution in [3.05, 3.63) is 58.2 Å². The number of aryl methyl sites for hydroxylation is 1. The second-order valence-electron chi connectivity index (χ2n) is 4.95. The molecule has 0 spiro atoms. The number of hydrogen-bond acceptors (Lipinski definition) is 2. The summed E-state index contributed by atoms with van der Waals surface area (Å²) in [5, 5.41) is 0.751. The molecule has 0 aliphatic rings. The number of aromatic nitrogens is 1. The fraction of sp³-hybridized carbons (Fsp3) is 0.312. The number of pyridine rings is 1. The Bertz CT molecular complexity index is 599. The van der Waals surface area contributed by atoms with Crippen LogP contribution in [0.4, 0.5) is 5.82 Å². The van der Waals surface area contributed by atoms with E-state index in [1.54, 1.807) is 0 Å². The highest BCUT2D eigenvalue weighted by Crippen LogP contribution is 2.26. The smallest absolute Gasteiger partial charge is 0.129 e. The lowest BCUT2D eigenvalue weighted by Crippen LogP contribution is -2.23. The van der Waals surface area contributed by atoms with Crippen molar-refractivity contribution in [2.75, 3.05) is 11.9 Å². The van der Waals surface area contributed by atoms with Crippen LogP contribution in [0.15, 0.2) is 36.4 Å². The van der Waals surface area contributed by atoms with Crippen molar-refractivity contribution in [3.63, 3.8) is 0 Å². The van der Waals surface area contributed by atoms with E-state index in [0.29, 0.717) is 5.88 Å². The molecule has 0 radical (unpaired) electrons. The van der Waals surface area contributed by atoms with Gasteiger partial charge in [-0.3, -0.25) is 0 Å². The van der Waals surface area contributed by atoms with E-state index in [4.69, 9.17) is 23.2 Å². The summed E-state index contributed by atoms with van der Waals surface area (Å²) in [5.41, 5.74) is 3.22. The van der Waals surface area contributed by atoms with Crippen molar-refractivity contribution in [2.45, 2.75) is 25.8 Å². The monoisotopic (exact) mass is 308 g/mol. The van der Waals surface area contributed by atoms with Crippen LogP contribution in [0.5, 0.6) is 0 Å². The highest BCUT2D eigenvalue weighted by atomic mass is 35.5. The molecule has 4 heteroatoms. The zero-order valence-electron chi connectivity index (χ0n) is 11.9. The predicted octanol–water partition coefficient (Wildman–Crippen LogP) is 4.98. The number of halogens is 2. The molecule has 0 aliphatic heterocycles. The Hall–Kier alpha value is -1.25. The molecule has 1 heterocycles. The molecule has 0 fully saturated rings. The summed E-state index contributed by atoms with van der Waals surface area (Å²) in [4.78, 5) is 6.72. The van der Waals surface area contributed by atoms with E-state index in [1.807, 2.05) is 44.3 Å². The van der Waals surface area contributed by atoms with Gasteiger partial charge in [0, 0.05) is 23.6 Å². The number of nitrogens with zero attached hydrogens (tertiary/aromatic N) is 2. The number of alkyl halides is 1. The topological polar surface area (TPSA) is 16.1 Å². The highest BCUT2D eigenvalue weighted by molar-refractivity contribution is 6.30. The maximum atomic E-state index is 6.06. The molecule has 1 atom stereocenters. The van der Waals surface area contributed by atoms with Gasteiger partial charge in [-0.1, -0.05) is 23.7 Å². The first-order valence-corrected chi connectivity index (χ1v) is 7.44. The number of anilines is 1. The van der Waals surface area contributed by atoms with Crippen molar-refractivity contribution in [1.82, 2.24) is 4.98 Å². The summed E-state index contributed by atoms with van der Waals surface area (Å²) in [6, 6.07) is 12.1. The lowest BCUT2D eigenvalue weighted by molar-refractivity contribution is 0.727. The van der Waals surface area contributed by atoms with E-state index in [0.717, 1.165) is 27.7 Å². The lowest BCUT2D eigenvalue weighted by atomic mass is 10.1. The van der Waals surface area contributed by atoms with Crippen LogP contribution in [0.1, 0.15) is 29.8 Å². The summed E-state index contributed by atoms with van der Waals surface area (Å²) in [6.07, 6.45) is 0. The first-order valence-electron chi connectivity index (χ1n) is 6.53. The lowest BCUT2D eigenvalue weighted by Gasteiger charge is -2.27. The van der Waals surface area contributed by atoms with Crippen LogP contribution in [0.3, 0.4) is 0 Å². The standard InChI is InChI=1S/C16H18Cl2N2/c1-11-7-13(10-17)8-16(19-11)20(3)12(2)14-5-4-6-15(18)9-14/h4-9,12H,10H2,1-3H3. The number of benzene rings is 1. The Balaban J connectivity index is 2.30. The van der Waals surface area contributed by atoms with Gasteiger partial charge in [-0.2, -0.15) is 0 Å².